The van der Waals surface area contributed by atoms with Crippen molar-refractivity contribution in [2.75, 3.05) is 26.2 Å². The lowest BCUT2D eigenvalue weighted by atomic mass is 10.1. The smallest absolute Gasteiger partial charge is 0.224 e. The summed E-state index contributed by atoms with van der Waals surface area (Å²) in [6, 6.07) is 1.41. The summed E-state index contributed by atoms with van der Waals surface area (Å²) < 4.78 is 39.4. The zero-order valence-electron chi connectivity index (χ0n) is 13.5. The molecule has 1 aliphatic rings. The highest BCUT2D eigenvalue weighted by molar-refractivity contribution is 5.78. The fourth-order valence-corrected chi connectivity index (χ4v) is 3.00. The SMILES string of the molecule is O=C(Cc1cc(F)c(F)cc1F)NCCCCN1CCCC1CO. The van der Waals surface area contributed by atoms with E-state index in [1.165, 1.54) is 0 Å². The molecule has 4 nitrogen and oxygen atoms in total. The van der Waals surface area contributed by atoms with E-state index in [0.717, 1.165) is 38.8 Å². The van der Waals surface area contributed by atoms with Crippen LogP contribution < -0.4 is 5.32 Å². The number of likely N-dealkylation sites (tertiary alicyclic amines) is 1. The third-order valence-corrected chi connectivity index (χ3v) is 4.34. The summed E-state index contributed by atoms with van der Waals surface area (Å²) in [5, 5.41) is 11.9. The van der Waals surface area contributed by atoms with Gasteiger partial charge in [0, 0.05) is 24.2 Å². The van der Waals surface area contributed by atoms with Crippen molar-refractivity contribution in [3.8, 4) is 0 Å². The zero-order chi connectivity index (χ0) is 17.5. The Bertz CT molecular complexity index is 569. The highest BCUT2D eigenvalue weighted by Gasteiger charge is 2.22. The van der Waals surface area contributed by atoms with Gasteiger partial charge >= 0.3 is 0 Å². The quantitative estimate of drug-likeness (QED) is 0.560. The number of rotatable bonds is 8. The number of benzene rings is 1. The van der Waals surface area contributed by atoms with E-state index in [9.17, 15) is 23.1 Å². The van der Waals surface area contributed by atoms with E-state index in [-0.39, 0.29) is 24.6 Å². The second kappa shape index (κ2) is 9.03. The molecule has 2 N–H and O–H groups in total. The Morgan fingerprint density at radius 1 is 1.21 bits per heavy atom. The number of unbranched alkanes of at least 4 members (excludes halogenated alkanes) is 1. The van der Waals surface area contributed by atoms with Crippen molar-refractivity contribution >= 4 is 5.91 Å². The van der Waals surface area contributed by atoms with Gasteiger partial charge in [-0.1, -0.05) is 0 Å². The van der Waals surface area contributed by atoms with Crippen LogP contribution in [0.25, 0.3) is 0 Å². The fraction of sp³-hybridized carbons (Fsp3) is 0.588. The summed E-state index contributed by atoms with van der Waals surface area (Å²) in [7, 11) is 0. The maximum Gasteiger partial charge on any atom is 0.224 e. The molecule has 0 radical (unpaired) electrons. The van der Waals surface area contributed by atoms with Gasteiger partial charge < -0.3 is 10.4 Å². The molecule has 134 valence electrons. The molecule has 1 saturated heterocycles. The number of aliphatic hydroxyl groups excluding tert-OH is 1. The minimum atomic E-state index is -1.26. The molecular formula is C17H23F3N2O2. The molecule has 1 atom stereocenters. The lowest BCUT2D eigenvalue weighted by Crippen LogP contribution is -2.33. The van der Waals surface area contributed by atoms with Crippen molar-refractivity contribution in [1.82, 2.24) is 10.2 Å². The van der Waals surface area contributed by atoms with E-state index in [4.69, 9.17) is 0 Å². The first-order valence-corrected chi connectivity index (χ1v) is 8.26. The van der Waals surface area contributed by atoms with Gasteiger partial charge in [0.15, 0.2) is 11.6 Å². The Morgan fingerprint density at radius 3 is 2.71 bits per heavy atom. The third kappa shape index (κ3) is 5.21. The first-order chi connectivity index (χ1) is 11.5. The molecule has 0 bridgehead atoms. The van der Waals surface area contributed by atoms with Crippen LogP contribution in [0.3, 0.4) is 0 Å². The molecular weight excluding hydrogens is 321 g/mol. The van der Waals surface area contributed by atoms with Gasteiger partial charge in [-0.25, -0.2) is 13.2 Å². The second-order valence-electron chi connectivity index (χ2n) is 6.11. The molecule has 0 aliphatic carbocycles. The minimum absolute atomic E-state index is 0.158. The van der Waals surface area contributed by atoms with Gasteiger partial charge in [0.25, 0.3) is 0 Å². The molecule has 1 fully saturated rings. The summed E-state index contributed by atoms with van der Waals surface area (Å²) in [5.41, 5.74) is -0.158. The van der Waals surface area contributed by atoms with E-state index in [1.807, 2.05) is 0 Å². The molecule has 7 heteroatoms. The monoisotopic (exact) mass is 344 g/mol. The third-order valence-electron chi connectivity index (χ3n) is 4.34. The topological polar surface area (TPSA) is 52.6 Å². The molecule has 1 heterocycles. The molecule has 1 aliphatic heterocycles. The molecule has 1 aromatic carbocycles. The molecule has 1 aromatic rings. The van der Waals surface area contributed by atoms with Crippen LogP contribution in [0.4, 0.5) is 13.2 Å². The first-order valence-electron chi connectivity index (χ1n) is 8.26. The maximum absolute atomic E-state index is 13.5. The van der Waals surface area contributed by atoms with Crippen LogP contribution in [0.15, 0.2) is 12.1 Å². The van der Waals surface area contributed by atoms with E-state index >= 15 is 0 Å². The van der Waals surface area contributed by atoms with Gasteiger partial charge in [-0.2, -0.15) is 0 Å². The molecule has 1 amide bonds. The largest absolute Gasteiger partial charge is 0.395 e. The van der Waals surface area contributed by atoms with Crippen LogP contribution in [0.5, 0.6) is 0 Å². The number of aliphatic hydroxyl groups is 1. The average Bonchev–Trinajstić information content (AvgIpc) is 2.99. The fourth-order valence-electron chi connectivity index (χ4n) is 3.00. The van der Waals surface area contributed by atoms with E-state index < -0.39 is 23.4 Å². The van der Waals surface area contributed by atoms with Crippen LogP contribution in [0.2, 0.25) is 0 Å². The van der Waals surface area contributed by atoms with Crippen LogP contribution in [-0.4, -0.2) is 48.2 Å². The van der Waals surface area contributed by atoms with Crippen molar-refractivity contribution in [3.05, 3.63) is 35.1 Å². The van der Waals surface area contributed by atoms with Crippen LogP contribution in [0.1, 0.15) is 31.2 Å². The van der Waals surface area contributed by atoms with Crippen LogP contribution in [-0.2, 0) is 11.2 Å². The summed E-state index contributed by atoms with van der Waals surface area (Å²) in [6.07, 6.45) is 3.45. The van der Waals surface area contributed by atoms with E-state index in [1.54, 1.807) is 0 Å². The van der Waals surface area contributed by atoms with Gasteiger partial charge in [-0.3, -0.25) is 9.69 Å². The predicted molar refractivity (Wildman–Crippen MR) is 83.9 cm³/mol. The lowest BCUT2D eigenvalue weighted by Gasteiger charge is -2.22. The summed E-state index contributed by atoms with van der Waals surface area (Å²) in [4.78, 5) is 14.0. The Morgan fingerprint density at radius 2 is 1.96 bits per heavy atom. The van der Waals surface area contributed by atoms with Crippen LogP contribution in [0, 0.1) is 17.5 Å². The number of nitrogens with zero attached hydrogens (tertiary/aromatic N) is 1. The Labute approximate surface area is 139 Å². The van der Waals surface area contributed by atoms with Gasteiger partial charge in [-0.15, -0.1) is 0 Å². The van der Waals surface area contributed by atoms with Gasteiger partial charge in [-0.05, 0) is 44.8 Å². The summed E-state index contributed by atoms with van der Waals surface area (Å²) in [5.74, 6) is -3.77. The number of carbonyl (C=O) groups excluding carboxylic acids is 1. The molecule has 0 aromatic heterocycles. The number of amides is 1. The predicted octanol–water partition coefficient (Wildman–Crippen LogP) is 2.00. The van der Waals surface area contributed by atoms with Crippen molar-refractivity contribution in [1.29, 1.82) is 0 Å². The number of hydrogen-bond donors (Lipinski definition) is 2. The highest BCUT2D eigenvalue weighted by Crippen LogP contribution is 2.17. The molecule has 0 saturated carbocycles. The summed E-state index contributed by atoms with van der Waals surface area (Å²) >= 11 is 0. The standard InChI is InChI=1S/C17H23F3N2O2/c18-14-10-16(20)15(19)8-12(14)9-17(24)21-5-1-2-6-22-7-3-4-13(22)11-23/h8,10,13,23H,1-7,9,11H2,(H,21,24). The Hall–Kier alpha value is -1.60. The molecule has 24 heavy (non-hydrogen) atoms. The summed E-state index contributed by atoms with van der Waals surface area (Å²) in [6.45, 7) is 2.49. The van der Waals surface area contributed by atoms with Crippen LogP contribution >= 0.6 is 0 Å². The van der Waals surface area contributed by atoms with Gasteiger partial charge in [0.05, 0.1) is 13.0 Å². The zero-order valence-corrected chi connectivity index (χ0v) is 13.5. The van der Waals surface area contributed by atoms with E-state index in [0.29, 0.717) is 18.7 Å². The molecule has 1 unspecified atom stereocenters. The maximum atomic E-state index is 13.5. The normalized spacial score (nSPS) is 18.1. The molecule has 0 spiro atoms. The van der Waals surface area contributed by atoms with E-state index in [2.05, 4.69) is 10.2 Å². The number of carbonyl (C=O) groups is 1. The Balaban J connectivity index is 1.66. The second-order valence-corrected chi connectivity index (χ2v) is 6.11. The van der Waals surface area contributed by atoms with Crippen molar-refractivity contribution in [3.63, 3.8) is 0 Å². The van der Waals surface area contributed by atoms with Crippen molar-refractivity contribution in [2.45, 2.75) is 38.1 Å². The lowest BCUT2D eigenvalue weighted by molar-refractivity contribution is -0.120. The highest BCUT2D eigenvalue weighted by atomic mass is 19.2. The van der Waals surface area contributed by atoms with Crippen molar-refractivity contribution < 1.29 is 23.1 Å². The van der Waals surface area contributed by atoms with Gasteiger partial charge in [0.1, 0.15) is 5.82 Å². The average molecular weight is 344 g/mol. The number of hydrogen-bond acceptors (Lipinski definition) is 3. The minimum Gasteiger partial charge on any atom is -0.395 e. The first kappa shape index (κ1) is 18.7. The number of halogens is 3. The number of nitrogens with one attached hydrogen (secondary N) is 1. The van der Waals surface area contributed by atoms with Crippen molar-refractivity contribution in [2.24, 2.45) is 0 Å². The molecule has 2 rings (SSSR count). The Kier molecular flexibility index (Phi) is 7.05. The van der Waals surface area contributed by atoms with Gasteiger partial charge in [0.2, 0.25) is 5.91 Å².